The minimum atomic E-state index is 0.0626. The second-order valence-corrected chi connectivity index (χ2v) is 4.82. The lowest BCUT2D eigenvalue weighted by Gasteiger charge is -2.12. The number of hydrogen-bond donors (Lipinski definition) is 1. The number of carbonyl (C=O) groups is 1. The molecule has 1 amide bonds. The smallest absolute Gasteiger partial charge is 0.234 e. The Bertz CT molecular complexity index is 417. The Kier molecular flexibility index (Phi) is 6.36. The first-order chi connectivity index (χ1) is 9.02. The molecule has 0 saturated heterocycles. The molecule has 0 aliphatic carbocycles. The molecule has 4 heteroatoms. The summed E-state index contributed by atoms with van der Waals surface area (Å²) >= 11 is 0. The Morgan fingerprint density at radius 1 is 1.37 bits per heavy atom. The second kappa shape index (κ2) is 7.79. The lowest BCUT2D eigenvalue weighted by molar-refractivity contribution is -0.124. The van der Waals surface area contributed by atoms with E-state index in [0.29, 0.717) is 13.0 Å². The average molecular weight is 264 g/mol. The summed E-state index contributed by atoms with van der Waals surface area (Å²) in [6, 6.07) is 6.21. The van der Waals surface area contributed by atoms with E-state index >= 15 is 0 Å². The molecule has 106 valence electrons. The van der Waals surface area contributed by atoms with E-state index in [0.717, 1.165) is 24.2 Å². The number of aryl methyl sites for hydroxylation is 2. The molecule has 0 unspecified atom stereocenters. The van der Waals surface area contributed by atoms with E-state index in [1.165, 1.54) is 5.56 Å². The SMILES string of the molecule is CCOc1ccc(CCCC(=O)NN(C)C)cc1C. The van der Waals surface area contributed by atoms with E-state index in [9.17, 15) is 4.79 Å². The van der Waals surface area contributed by atoms with Crippen molar-refractivity contribution < 1.29 is 9.53 Å². The number of amides is 1. The van der Waals surface area contributed by atoms with Crippen LogP contribution in [0.25, 0.3) is 0 Å². The van der Waals surface area contributed by atoms with Gasteiger partial charge in [-0.25, -0.2) is 5.01 Å². The number of rotatable bonds is 7. The first-order valence-corrected chi connectivity index (χ1v) is 6.72. The fourth-order valence-electron chi connectivity index (χ4n) is 1.94. The zero-order chi connectivity index (χ0) is 14.3. The number of benzene rings is 1. The molecule has 0 aliphatic rings. The molecular formula is C15H24N2O2. The number of hydrogen-bond acceptors (Lipinski definition) is 3. The molecule has 1 aromatic carbocycles. The van der Waals surface area contributed by atoms with Crippen LogP contribution < -0.4 is 10.2 Å². The van der Waals surface area contributed by atoms with Crippen molar-refractivity contribution in [1.29, 1.82) is 0 Å². The summed E-state index contributed by atoms with van der Waals surface area (Å²) in [7, 11) is 3.63. The maximum atomic E-state index is 11.5. The van der Waals surface area contributed by atoms with Crippen LogP contribution in [0.3, 0.4) is 0 Å². The van der Waals surface area contributed by atoms with Gasteiger partial charge >= 0.3 is 0 Å². The molecule has 0 bridgehead atoms. The highest BCUT2D eigenvalue weighted by Crippen LogP contribution is 2.20. The van der Waals surface area contributed by atoms with Crippen LogP contribution in [0.1, 0.15) is 30.9 Å². The van der Waals surface area contributed by atoms with Gasteiger partial charge < -0.3 is 4.74 Å². The lowest BCUT2D eigenvalue weighted by atomic mass is 10.0. The second-order valence-electron chi connectivity index (χ2n) is 4.82. The predicted octanol–water partition coefficient (Wildman–Crippen LogP) is 2.31. The molecule has 0 spiro atoms. The van der Waals surface area contributed by atoms with Gasteiger partial charge in [-0.2, -0.15) is 0 Å². The molecule has 19 heavy (non-hydrogen) atoms. The van der Waals surface area contributed by atoms with Gasteiger partial charge in [0.15, 0.2) is 0 Å². The van der Waals surface area contributed by atoms with E-state index in [1.54, 1.807) is 5.01 Å². The number of hydrazine groups is 1. The van der Waals surface area contributed by atoms with Crippen LogP contribution in [0.15, 0.2) is 18.2 Å². The Hall–Kier alpha value is -1.55. The molecule has 1 aromatic rings. The third-order valence-corrected chi connectivity index (χ3v) is 2.76. The van der Waals surface area contributed by atoms with Crippen LogP contribution in [0.4, 0.5) is 0 Å². The van der Waals surface area contributed by atoms with Gasteiger partial charge in [-0.1, -0.05) is 12.1 Å². The van der Waals surface area contributed by atoms with Crippen molar-refractivity contribution in [2.45, 2.75) is 33.1 Å². The molecule has 0 aromatic heterocycles. The average Bonchev–Trinajstić information content (AvgIpc) is 2.32. The Morgan fingerprint density at radius 3 is 2.68 bits per heavy atom. The highest BCUT2D eigenvalue weighted by atomic mass is 16.5. The molecule has 0 radical (unpaired) electrons. The number of nitrogens with zero attached hydrogens (tertiary/aromatic N) is 1. The van der Waals surface area contributed by atoms with Gasteiger partial charge in [-0.3, -0.25) is 10.2 Å². The van der Waals surface area contributed by atoms with Crippen LogP contribution >= 0.6 is 0 Å². The van der Waals surface area contributed by atoms with E-state index in [2.05, 4.69) is 17.6 Å². The van der Waals surface area contributed by atoms with Crippen LogP contribution in [-0.4, -0.2) is 31.6 Å². The molecule has 1 N–H and O–H groups in total. The van der Waals surface area contributed by atoms with Crippen molar-refractivity contribution >= 4 is 5.91 Å². The molecule has 0 saturated carbocycles. The quantitative estimate of drug-likeness (QED) is 0.768. The van der Waals surface area contributed by atoms with Crippen molar-refractivity contribution in [1.82, 2.24) is 10.4 Å². The lowest BCUT2D eigenvalue weighted by Crippen LogP contribution is -2.35. The highest BCUT2D eigenvalue weighted by molar-refractivity contribution is 5.75. The largest absolute Gasteiger partial charge is 0.494 e. The third-order valence-electron chi connectivity index (χ3n) is 2.76. The van der Waals surface area contributed by atoms with Gasteiger partial charge in [0.1, 0.15) is 5.75 Å². The number of nitrogens with one attached hydrogen (secondary N) is 1. The van der Waals surface area contributed by atoms with Gasteiger partial charge in [-0.15, -0.1) is 0 Å². The first-order valence-electron chi connectivity index (χ1n) is 6.72. The van der Waals surface area contributed by atoms with Crippen molar-refractivity contribution in [2.24, 2.45) is 0 Å². The summed E-state index contributed by atoms with van der Waals surface area (Å²) in [6.07, 6.45) is 2.31. The molecular weight excluding hydrogens is 240 g/mol. The summed E-state index contributed by atoms with van der Waals surface area (Å²) in [5.74, 6) is 1.00. The predicted molar refractivity (Wildman–Crippen MR) is 77.1 cm³/mol. The number of ether oxygens (including phenoxy) is 1. The summed E-state index contributed by atoms with van der Waals surface area (Å²) in [6.45, 7) is 4.72. The van der Waals surface area contributed by atoms with Crippen LogP contribution in [0.5, 0.6) is 5.75 Å². The standard InChI is InChI=1S/C15H24N2O2/c1-5-19-14-10-9-13(11-12(14)2)7-6-8-15(18)16-17(3)4/h9-11H,5-8H2,1-4H3,(H,16,18). The summed E-state index contributed by atoms with van der Waals surface area (Å²) < 4.78 is 5.51. The van der Waals surface area contributed by atoms with Gasteiger partial charge in [0, 0.05) is 20.5 Å². The van der Waals surface area contributed by atoms with Crippen molar-refractivity contribution in [3.05, 3.63) is 29.3 Å². The van der Waals surface area contributed by atoms with Crippen LogP contribution in [0.2, 0.25) is 0 Å². The van der Waals surface area contributed by atoms with E-state index in [-0.39, 0.29) is 5.91 Å². The van der Waals surface area contributed by atoms with Crippen LogP contribution in [-0.2, 0) is 11.2 Å². The minimum absolute atomic E-state index is 0.0626. The van der Waals surface area contributed by atoms with Crippen molar-refractivity contribution in [3.63, 3.8) is 0 Å². The zero-order valence-electron chi connectivity index (χ0n) is 12.3. The van der Waals surface area contributed by atoms with Crippen LogP contribution in [0, 0.1) is 6.92 Å². The summed E-state index contributed by atoms with van der Waals surface area (Å²) in [5, 5.41) is 1.67. The van der Waals surface area contributed by atoms with E-state index in [1.807, 2.05) is 34.0 Å². The van der Waals surface area contributed by atoms with Gasteiger partial charge in [-0.05, 0) is 43.9 Å². The summed E-state index contributed by atoms with van der Waals surface area (Å²) in [4.78, 5) is 11.5. The Balaban J connectivity index is 2.41. The molecule has 0 atom stereocenters. The Labute approximate surface area is 115 Å². The van der Waals surface area contributed by atoms with Crippen molar-refractivity contribution in [3.8, 4) is 5.75 Å². The monoisotopic (exact) mass is 264 g/mol. The van der Waals surface area contributed by atoms with E-state index < -0.39 is 0 Å². The molecule has 0 aliphatic heterocycles. The number of carbonyl (C=O) groups excluding carboxylic acids is 1. The van der Waals surface area contributed by atoms with Gasteiger partial charge in [0.05, 0.1) is 6.61 Å². The molecule has 4 nitrogen and oxygen atoms in total. The van der Waals surface area contributed by atoms with Gasteiger partial charge in [0.25, 0.3) is 0 Å². The summed E-state index contributed by atoms with van der Waals surface area (Å²) in [5.41, 5.74) is 5.14. The Morgan fingerprint density at radius 2 is 2.11 bits per heavy atom. The highest BCUT2D eigenvalue weighted by Gasteiger charge is 2.04. The third kappa shape index (κ3) is 5.75. The maximum Gasteiger partial charge on any atom is 0.234 e. The molecule has 0 heterocycles. The van der Waals surface area contributed by atoms with Crippen molar-refractivity contribution in [2.75, 3.05) is 20.7 Å². The van der Waals surface area contributed by atoms with E-state index in [4.69, 9.17) is 4.74 Å². The topological polar surface area (TPSA) is 41.6 Å². The zero-order valence-corrected chi connectivity index (χ0v) is 12.3. The fourth-order valence-corrected chi connectivity index (χ4v) is 1.94. The first kappa shape index (κ1) is 15.5. The minimum Gasteiger partial charge on any atom is -0.494 e. The van der Waals surface area contributed by atoms with Gasteiger partial charge in [0.2, 0.25) is 5.91 Å². The normalized spacial score (nSPS) is 10.6. The fraction of sp³-hybridized carbons (Fsp3) is 0.533. The maximum absolute atomic E-state index is 11.5. The molecule has 1 rings (SSSR count). The molecule has 0 fully saturated rings.